The van der Waals surface area contributed by atoms with Gasteiger partial charge in [-0.15, -0.1) is 0 Å². The zero-order valence-corrected chi connectivity index (χ0v) is 30.8. The van der Waals surface area contributed by atoms with Gasteiger partial charge in [0, 0.05) is 40.0 Å². The van der Waals surface area contributed by atoms with Gasteiger partial charge in [0.05, 0.1) is 25.8 Å². The van der Waals surface area contributed by atoms with Crippen molar-refractivity contribution in [3.8, 4) is 0 Å². The molecule has 4 rings (SSSR count). The lowest BCUT2D eigenvalue weighted by Crippen LogP contribution is -2.31. The fourth-order valence-corrected chi connectivity index (χ4v) is 6.47. The molecule has 2 heterocycles. The lowest BCUT2D eigenvalue weighted by molar-refractivity contribution is -0.385. The van der Waals surface area contributed by atoms with Crippen molar-refractivity contribution in [3.05, 3.63) is 116 Å². The summed E-state index contributed by atoms with van der Waals surface area (Å²) in [6.07, 6.45) is 0. The summed E-state index contributed by atoms with van der Waals surface area (Å²) in [7, 11) is -8.36. The number of carbonyl (C=O) groups is 2. The number of anilines is 1. The van der Waals surface area contributed by atoms with Gasteiger partial charge in [-0.1, -0.05) is 76.9 Å². The molecule has 50 heavy (non-hydrogen) atoms. The van der Waals surface area contributed by atoms with Crippen LogP contribution in [-0.4, -0.2) is 43.5 Å². The molecule has 2 aromatic heterocycles. The quantitative estimate of drug-likeness (QED) is 0.0884. The van der Waals surface area contributed by atoms with Gasteiger partial charge < -0.3 is 5.73 Å². The molecule has 0 unspecified atom stereocenters. The number of non-ortho nitro benzene ring substituents is 1. The molecule has 4 N–H and O–H groups in total. The third-order valence-electron chi connectivity index (χ3n) is 6.68. The Balaban J connectivity index is 0.000000271. The number of carbonyl (C=O) groups excluding carboxylic acids is 2. The minimum atomic E-state index is -4.31. The van der Waals surface area contributed by atoms with Gasteiger partial charge in [-0.2, -0.15) is 0 Å². The maximum atomic E-state index is 12.3. The van der Waals surface area contributed by atoms with Crippen LogP contribution in [0.1, 0.15) is 73.6 Å². The number of hydrogen-bond donors (Lipinski definition) is 3. The maximum absolute atomic E-state index is 12.3. The first-order valence-corrected chi connectivity index (χ1v) is 18.2. The highest BCUT2D eigenvalue weighted by Crippen LogP contribution is 2.26. The smallest absolute Gasteiger partial charge is 0.270 e. The van der Waals surface area contributed by atoms with Crippen molar-refractivity contribution in [3.63, 3.8) is 0 Å². The minimum absolute atomic E-state index is 0.0165. The van der Waals surface area contributed by atoms with Crippen molar-refractivity contribution in [1.29, 1.82) is 0 Å². The summed E-state index contributed by atoms with van der Waals surface area (Å²) < 4.78 is 52.9. The SMILES string of the molecule is CC(C)(C)c1ccc(C(=O)NS(=O)(=O)c2cccc(N)c2)c(Cl)n1.CC(C)(C)c1ccc(C(=O)NS(=O)(=O)c2cccc([N+](=O)[O-])c2)c(Cl)n1. The van der Waals surface area contributed by atoms with Crippen LogP contribution >= 0.6 is 23.2 Å². The van der Waals surface area contributed by atoms with Gasteiger partial charge in [-0.05, 0) is 48.5 Å². The Hall–Kier alpha value is -4.64. The predicted octanol–water partition coefficient (Wildman–Crippen LogP) is 5.79. The standard InChI is InChI=1S/C16H16ClN3O5S.C16H18ClN3O3S/c1-16(2,3)13-8-7-12(14(17)18-13)15(21)19-26(24,25)11-6-4-5-10(9-11)20(22)23;1-16(2,3)13-8-7-12(14(17)19-13)15(21)20-24(22,23)11-6-4-5-10(18)9-11/h4-9H,1-3H3,(H,19,21);4-9H,18H2,1-3H3,(H,20,21). The van der Waals surface area contributed by atoms with E-state index in [2.05, 4.69) is 9.97 Å². The molecule has 0 fully saturated rings. The van der Waals surface area contributed by atoms with Crippen LogP contribution in [0.2, 0.25) is 10.3 Å². The lowest BCUT2D eigenvalue weighted by atomic mass is 9.91. The molecule has 18 heteroatoms. The number of benzene rings is 2. The maximum Gasteiger partial charge on any atom is 0.270 e. The van der Waals surface area contributed by atoms with Gasteiger partial charge in [0.25, 0.3) is 37.5 Å². The van der Waals surface area contributed by atoms with Crippen LogP contribution in [0.5, 0.6) is 0 Å². The number of pyridine rings is 2. The zero-order valence-electron chi connectivity index (χ0n) is 27.7. The average molecular weight is 766 g/mol. The fourth-order valence-electron chi connectivity index (χ4n) is 3.96. The van der Waals surface area contributed by atoms with Crippen LogP contribution in [0, 0.1) is 10.1 Å². The molecule has 0 spiro atoms. The van der Waals surface area contributed by atoms with Crippen molar-refractivity contribution in [2.45, 2.75) is 62.2 Å². The third kappa shape index (κ3) is 10.2. The number of nitrogens with one attached hydrogen (secondary N) is 2. The Morgan fingerprint density at radius 3 is 1.46 bits per heavy atom. The summed E-state index contributed by atoms with van der Waals surface area (Å²) in [4.78, 5) is 42.4. The number of amides is 2. The first-order valence-electron chi connectivity index (χ1n) is 14.5. The van der Waals surface area contributed by atoms with Crippen LogP contribution in [0.3, 0.4) is 0 Å². The summed E-state index contributed by atoms with van der Waals surface area (Å²) in [6.45, 7) is 11.6. The Morgan fingerprint density at radius 1 is 0.700 bits per heavy atom. The van der Waals surface area contributed by atoms with E-state index in [0.717, 1.165) is 18.2 Å². The summed E-state index contributed by atoms with van der Waals surface area (Å²) >= 11 is 12.1. The molecular weight excluding hydrogens is 731 g/mol. The molecule has 0 radical (unpaired) electrons. The van der Waals surface area contributed by atoms with E-state index in [9.17, 15) is 36.5 Å². The number of nitro groups is 1. The van der Waals surface area contributed by atoms with Gasteiger partial charge in [0.15, 0.2) is 0 Å². The van der Waals surface area contributed by atoms with Crippen molar-refractivity contribution in [2.24, 2.45) is 0 Å². The predicted molar refractivity (Wildman–Crippen MR) is 189 cm³/mol. The first kappa shape index (κ1) is 39.8. The highest BCUT2D eigenvalue weighted by Gasteiger charge is 2.25. The van der Waals surface area contributed by atoms with Crippen molar-refractivity contribution >= 4 is 66.4 Å². The normalized spacial score (nSPS) is 11.9. The average Bonchev–Trinajstić information content (AvgIpc) is 3.00. The van der Waals surface area contributed by atoms with Crippen LogP contribution in [0.4, 0.5) is 11.4 Å². The van der Waals surface area contributed by atoms with E-state index >= 15 is 0 Å². The number of nitrogens with zero attached hydrogens (tertiary/aromatic N) is 3. The van der Waals surface area contributed by atoms with E-state index in [1.54, 1.807) is 18.2 Å². The van der Waals surface area contributed by atoms with Crippen LogP contribution in [0.25, 0.3) is 0 Å². The molecule has 0 saturated carbocycles. The summed E-state index contributed by atoms with van der Waals surface area (Å²) in [5, 5.41) is 10.6. The second kappa shape index (κ2) is 15.1. The fraction of sp³-hybridized carbons (Fsp3) is 0.250. The second-order valence-electron chi connectivity index (χ2n) is 12.8. The number of nitrogen functional groups attached to an aromatic ring is 1. The molecule has 2 amide bonds. The number of hydrogen-bond acceptors (Lipinski definition) is 11. The zero-order chi connectivity index (χ0) is 37.8. The largest absolute Gasteiger partial charge is 0.399 e. The first-order chi connectivity index (χ1) is 22.9. The Labute approximate surface area is 299 Å². The highest BCUT2D eigenvalue weighted by atomic mass is 35.5. The van der Waals surface area contributed by atoms with Crippen molar-refractivity contribution in [2.75, 3.05) is 5.73 Å². The minimum Gasteiger partial charge on any atom is -0.399 e. The monoisotopic (exact) mass is 764 g/mol. The number of aromatic nitrogens is 2. The van der Waals surface area contributed by atoms with Crippen LogP contribution < -0.4 is 15.2 Å². The molecule has 0 atom stereocenters. The molecule has 0 saturated heterocycles. The highest BCUT2D eigenvalue weighted by molar-refractivity contribution is 7.90. The Bertz CT molecular complexity index is 2180. The Kier molecular flexibility index (Phi) is 12.0. The van der Waals surface area contributed by atoms with E-state index in [4.69, 9.17) is 28.9 Å². The molecule has 0 bridgehead atoms. The lowest BCUT2D eigenvalue weighted by Gasteiger charge is -2.18. The Morgan fingerprint density at radius 2 is 1.10 bits per heavy atom. The van der Waals surface area contributed by atoms with Crippen molar-refractivity contribution < 1.29 is 31.3 Å². The summed E-state index contributed by atoms with van der Waals surface area (Å²) in [5.74, 6) is -1.83. The topological polar surface area (TPSA) is 221 Å². The van der Waals surface area contributed by atoms with E-state index in [1.165, 1.54) is 36.4 Å². The molecule has 266 valence electrons. The van der Waals surface area contributed by atoms with E-state index in [-0.39, 0.29) is 42.8 Å². The number of halogens is 2. The number of nitro benzene ring substituents is 1. The van der Waals surface area contributed by atoms with Crippen LogP contribution in [0.15, 0.2) is 82.6 Å². The van der Waals surface area contributed by atoms with E-state index < -0.39 is 47.4 Å². The number of sulfonamides is 2. The van der Waals surface area contributed by atoms with E-state index in [0.29, 0.717) is 11.4 Å². The van der Waals surface area contributed by atoms with E-state index in [1.807, 2.05) is 51.0 Å². The van der Waals surface area contributed by atoms with Gasteiger partial charge in [0.2, 0.25) is 0 Å². The molecule has 4 aromatic rings. The van der Waals surface area contributed by atoms with Crippen LogP contribution in [-0.2, 0) is 30.9 Å². The van der Waals surface area contributed by atoms with Gasteiger partial charge in [-0.25, -0.2) is 36.2 Å². The molecular formula is C32H34Cl2N6O8S2. The van der Waals surface area contributed by atoms with Gasteiger partial charge >= 0.3 is 0 Å². The second-order valence-corrected chi connectivity index (χ2v) is 16.8. The molecule has 0 aliphatic rings. The molecule has 0 aliphatic carbocycles. The molecule has 2 aromatic carbocycles. The summed E-state index contributed by atoms with van der Waals surface area (Å²) in [5.41, 5.74) is 6.10. The van der Waals surface area contributed by atoms with Gasteiger partial charge in [0.1, 0.15) is 10.3 Å². The molecule has 0 aliphatic heterocycles. The third-order valence-corrected chi connectivity index (χ3v) is 9.92. The van der Waals surface area contributed by atoms with Crippen molar-refractivity contribution in [1.82, 2.24) is 19.4 Å². The number of nitrogens with two attached hydrogens (primary N) is 1. The van der Waals surface area contributed by atoms with Gasteiger partial charge in [-0.3, -0.25) is 19.7 Å². The number of rotatable bonds is 7. The molecule has 14 nitrogen and oxygen atoms in total. The summed E-state index contributed by atoms with van der Waals surface area (Å²) in [6, 6.07) is 16.1.